The van der Waals surface area contributed by atoms with Crippen LogP contribution in [0.4, 0.5) is 0 Å². The summed E-state index contributed by atoms with van der Waals surface area (Å²) in [6.45, 7) is 1.47. The summed E-state index contributed by atoms with van der Waals surface area (Å²) < 4.78 is 23.4. The number of carbonyl (C=O) groups is 1. The molecule has 0 atom stereocenters. The van der Waals surface area contributed by atoms with Gasteiger partial charge in [0.15, 0.2) is 9.84 Å². The number of halogens is 1. The predicted octanol–water partition coefficient (Wildman–Crippen LogP) is 2.50. The van der Waals surface area contributed by atoms with E-state index in [1.165, 1.54) is 12.1 Å². The first-order valence-corrected chi connectivity index (χ1v) is 9.64. The molecule has 0 saturated heterocycles. The van der Waals surface area contributed by atoms with E-state index >= 15 is 0 Å². The van der Waals surface area contributed by atoms with Gasteiger partial charge >= 0.3 is 0 Å². The fraction of sp³-hybridized carbons (Fsp3) is 0.278. The molecule has 0 bridgehead atoms. The van der Waals surface area contributed by atoms with Crippen LogP contribution in [-0.2, 0) is 16.4 Å². The molecule has 0 unspecified atom stereocenters. The number of rotatable bonds is 7. The van der Waals surface area contributed by atoms with Crippen LogP contribution in [0.5, 0.6) is 0 Å². The second-order valence-electron chi connectivity index (χ2n) is 5.65. The van der Waals surface area contributed by atoms with Crippen molar-refractivity contribution in [2.45, 2.75) is 17.9 Å². The summed E-state index contributed by atoms with van der Waals surface area (Å²) in [7, 11) is -3.35. The van der Waals surface area contributed by atoms with Crippen LogP contribution in [-0.4, -0.2) is 38.6 Å². The van der Waals surface area contributed by atoms with Gasteiger partial charge in [0.05, 0.1) is 4.90 Å². The lowest BCUT2D eigenvalue weighted by Gasteiger charge is -2.23. The Morgan fingerprint density at radius 2 is 1.76 bits per heavy atom. The Bertz CT molecular complexity index is 795. The van der Waals surface area contributed by atoms with Crippen molar-refractivity contribution in [3.05, 3.63) is 65.7 Å². The molecule has 136 valence electrons. The van der Waals surface area contributed by atoms with Crippen LogP contribution >= 0.6 is 12.4 Å². The molecule has 0 spiro atoms. The summed E-state index contributed by atoms with van der Waals surface area (Å²) in [6, 6.07) is 15.8. The van der Waals surface area contributed by atoms with Crippen LogP contribution in [0.2, 0.25) is 0 Å². The third kappa shape index (κ3) is 6.16. The molecule has 0 heterocycles. The van der Waals surface area contributed by atoms with Crippen LogP contribution in [0.25, 0.3) is 0 Å². The highest BCUT2D eigenvalue weighted by atomic mass is 35.5. The van der Waals surface area contributed by atoms with Crippen molar-refractivity contribution >= 4 is 28.2 Å². The van der Waals surface area contributed by atoms with Gasteiger partial charge in [-0.05, 0) is 36.7 Å². The number of sulfone groups is 1. The zero-order chi connectivity index (χ0) is 17.6. The van der Waals surface area contributed by atoms with Gasteiger partial charge in [0.1, 0.15) is 0 Å². The molecular formula is C18H23ClN2O3S. The van der Waals surface area contributed by atoms with E-state index in [1.807, 2.05) is 30.3 Å². The van der Waals surface area contributed by atoms with E-state index in [0.29, 0.717) is 31.6 Å². The first-order chi connectivity index (χ1) is 11.4. The van der Waals surface area contributed by atoms with Gasteiger partial charge in [-0.2, -0.15) is 0 Å². The molecule has 0 saturated carbocycles. The van der Waals surface area contributed by atoms with Crippen molar-refractivity contribution in [1.29, 1.82) is 0 Å². The van der Waals surface area contributed by atoms with Gasteiger partial charge in [0.25, 0.3) is 5.91 Å². The highest BCUT2D eigenvalue weighted by molar-refractivity contribution is 7.90. The van der Waals surface area contributed by atoms with E-state index < -0.39 is 9.84 Å². The Labute approximate surface area is 155 Å². The quantitative estimate of drug-likeness (QED) is 0.797. The highest BCUT2D eigenvalue weighted by Crippen LogP contribution is 2.15. The van der Waals surface area contributed by atoms with Gasteiger partial charge < -0.3 is 10.6 Å². The molecule has 1 amide bonds. The summed E-state index contributed by atoms with van der Waals surface area (Å²) in [5.41, 5.74) is 6.96. The van der Waals surface area contributed by atoms with Gasteiger partial charge in [-0.15, -0.1) is 12.4 Å². The smallest absolute Gasteiger partial charge is 0.254 e. The average molecular weight is 383 g/mol. The molecule has 0 aliphatic heterocycles. The van der Waals surface area contributed by atoms with Crippen LogP contribution in [0.3, 0.4) is 0 Å². The fourth-order valence-electron chi connectivity index (χ4n) is 2.38. The maximum absolute atomic E-state index is 12.8. The molecule has 0 aromatic heterocycles. The van der Waals surface area contributed by atoms with E-state index in [0.717, 1.165) is 11.8 Å². The molecule has 2 N–H and O–H groups in total. The van der Waals surface area contributed by atoms with Gasteiger partial charge in [-0.1, -0.05) is 36.4 Å². The monoisotopic (exact) mass is 382 g/mol. The maximum Gasteiger partial charge on any atom is 0.254 e. The lowest BCUT2D eigenvalue weighted by Crippen LogP contribution is -2.32. The second kappa shape index (κ2) is 9.56. The topological polar surface area (TPSA) is 80.5 Å². The van der Waals surface area contributed by atoms with Crippen LogP contribution in [0.15, 0.2) is 59.5 Å². The van der Waals surface area contributed by atoms with Crippen molar-refractivity contribution in [2.75, 3.05) is 19.3 Å². The summed E-state index contributed by atoms with van der Waals surface area (Å²) >= 11 is 0. The predicted molar refractivity (Wildman–Crippen MR) is 102 cm³/mol. The minimum absolute atomic E-state index is 0. The Balaban J connectivity index is 0.00000312. The van der Waals surface area contributed by atoms with Gasteiger partial charge in [0.2, 0.25) is 0 Å². The third-order valence-corrected chi connectivity index (χ3v) is 4.76. The number of amides is 1. The molecular weight excluding hydrogens is 360 g/mol. The molecule has 2 rings (SSSR count). The van der Waals surface area contributed by atoms with Crippen LogP contribution in [0, 0.1) is 0 Å². The molecule has 25 heavy (non-hydrogen) atoms. The zero-order valence-corrected chi connectivity index (χ0v) is 15.7. The summed E-state index contributed by atoms with van der Waals surface area (Å²) in [6.07, 6.45) is 1.82. The number of nitrogens with two attached hydrogens (primary N) is 1. The normalized spacial score (nSPS) is 10.8. The van der Waals surface area contributed by atoms with Crippen molar-refractivity contribution < 1.29 is 13.2 Å². The summed E-state index contributed by atoms with van der Waals surface area (Å²) in [4.78, 5) is 14.7. The van der Waals surface area contributed by atoms with Crippen molar-refractivity contribution in [3.63, 3.8) is 0 Å². The van der Waals surface area contributed by atoms with Gasteiger partial charge in [-0.3, -0.25) is 4.79 Å². The molecule has 0 aliphatic rings. The van der Waals surface area contributed by atoms with E-state index in [4.69, 9.17) is 5.73 Å². The molecule has 2 aromatic rings. The number of nitrogens with zero attached hydrogens (tertiary/aromatic N) is 1. The molecule has 0 radical (unpaired) electrons. The van der Waals surface area contributed by atoms with Crippen LogP contribution in [0.1, 0.15) is 22.3 Å². The SMILES string of the molecule is CS(=O)(=O)c1cccc(C(=O)N(CCCN)Cc2ccccc2)c1.Cl. The standard InChI is InChI=1S/C18H22N2O3S.ClH/c1-24(22,23)17-10-5-9-16(13-17)18(21)20(12-6-11-19)14-15-7-3-2-4-8-15;/h2-5,7-10,13H,6,11-12,14,19H2,1H3;1H. The Hall–Kier alpha value is -1.89. The van der Waals surface area contributed by atoms with Gasteiger partial charge in [-0.25, -0.2) is 8.42 Å². The highest BCUT2D eigenvalue weighted by Gasteiger charge is 2.18. The summed E-state index contributed by atoms with van der Waals surface area (Å²) in [5, 5.41) is 0. The number of hydrogen-bond donors (Lipinski definition) is 1. The van der Waals surface area contributed by atoms with Crippen molar-refractivity contribution in [2.24, 2.45) is 5.73 Å². The van der Waals surface area contributed by atoms with E-state index in [-0.39, 0.29) is 23.2 Å². The van der Waals surface area contributed by atoms with E-state index in [9.17, 15) is 13.2 Å². The first-order valence-electron chi connectivity index (χ1n) is 7.75. The zero-order valence-electron chi connectivity index (χ0n) is 14.1. The lowest BCUT2D eigenvalue weighted by atomic mass is 10.1. The molecule has 5 nitrogen and oxygen atoms in total. The molecule has 7 heteroatoms. The average Bonchev–Trinajstić information content (AvgIpc) is 2.58. The Morgan fingerprint density at radius 3 is 2.36 bits per heavy atom. The molecule has 0 aliphatic carbocycles. The number of hydrogen-bond acceptors (Lipinski definition) is 4. The number of carbonyl (C=O) groups excluding carboxylic acids is 1. The fourth-order valence-corrected chi connectivity index (χ4v) is 3.05. The van der Waals surface area contributed by atoms with E-state index in [2.05, 4.69) is 0 Å². The maximum atomic E-state index is 12.8. The van der Waals surface area contributed by atoms with Gasteiger partial charge in [0, 0.05) is 24.9 Å². The number of benzene rings is 2. The molecule has 0 fully saturated rings. The van der Waals surface area contributed by atoms with Crippen LogP contribution < -0.4 is 5.73 Å². The van der Waals surface area contributed by atoms with Crippen molar-refractivity contribution in [1.82, 2.24) is 4.90 Å². The largest absolute Gasteiger partial charge is 0.334 e. The second-order valence-corrected chi connectivity index (χ2v) is 7.67. The summed E-state index contributed by atoms with van der Waals surface area (Å²) in [5.74, 6) is -0.196. The van der Waals surface area contributed by atoms with Crippen molar-refractivity contribution in [3.8, 4) is 0 Å². The third-order valence-electron chi connectivity index (χ3n) is 3.64. The Morgan fingerprint density at radius 1 is 1.08 bits per heavy atom. The minimum atomic E-state index is -3.35. The Kier molecular flexibility index (Phi) is 8.09. The minimum Gasteiger partial charge on any atom is -0.334 e. The lowest BCUT2D eigenvalue weighted by molar-refractivity contribution is 0.0742. The first kappa shape index (κ1) is 21.2. The molecule has 2 aromatic carbocycles. The van der Waals surface area contributed by atoms with E-state index in [1.54, 1.807) is 17.0 Å².